The van der Waals surface area contributed by atoms with Gasteiger partial charge in [0, 0.05) is 37.1 Å². The Kier molecular flexibility index (Phi) is 8.44. The minimum absolute atomic E-state index is 0.360. The molecule has 0 saturated carbocycles. The van der Waals surface area contributed by atoms with E-state index in [4.69, 9.17) is 0 Å². The van der Waals surface area contributed by atoms with E-state index in [0.29, 0.717) is 30.1 Å². The van der Waals surface area contributed by atoms with E-state index < -0.39 is 17.9 Å². The molecule has 1 N–H and O–H groups in total. The number of ether oxygens (including phenoxy) is 1. The zero-order valence-corrected chi connectivity index (χ0v) is 16.9. The molecule has 1 fully saturated rings. The van der Waals surface area contributed by atoms with Crippen molar-refractivity contribution in [2.45, 2.75) is 33.1 Å². The summed E-state index contributed by atoms with van der Waals surface area (Å²) in [7, 11) is 0. The van der Waals surface area contributed by atoms with Gasteiger partial charge in [-0.3, -0.25) is 9.78 Å². The van der Waals surface area contributed by atoms with Crippen molar-refractivity contribution >= 4 is 12.1 Å². The summed E-state index contributed by atoms with van der Waals surface area (Å²) >= 11 is 0. The van der Waals surface area contributed by atoms with Crippen molar-refractivity contribution in [3.63, 3.8) is 0 Å². The Balaban J connectivity index is 0.00000155. The van der Waals surface area contributed by atoms with Crippen LogP contribution in [0.15, 0.2) is 36.5 Å². The summed E-state index contributed by atoms with van der Waals surface area (Å²) in [6.45, 7) is 6.27. The Labute approximate surface area is 173 Å². The van der Waals surface area contributed by atoms with Gasteiger partial charge in [-0.15, -0.1) is 13.2 Å². The molecule has 2 heterocycles. The average molecular weight is 427 g/mol. The molecule has 3 rings (SSSR count). The van der Waals surface area contributed by atoms with Gasteiger partial charge in [-0.2, -0.15) is 0 Å². The number of aromatic nitrogens is 1. The summed E-state index contributed by atoms with van der Waals surface area (Å²) < 4.78 is 54.4. The molecule has 2 aromatic rings. The standard InChI is InChI=1S/C19H19F4N3O2.C2H6/c20-16-9-14(1-2-18(16)28-19(21,22)23)17-10-15(3-6-25-17)26-7-4-13(5-8-26)11-24-12-27;1-2/h1-3,6,9-10,12-13H,4-5,7-8,11H2,(H,24,27);1-2H3. The molecule has 0 bridgehead atoms. The van der Waals surface area contributed by atoms with Crippen LogP contribution < -0.4 is 15.0 Å². The summed E-state index contributed by atoms with van der Waals surface area (Å²) in [5.74, 6) is -1.55. The third kappa shape index (κ3) is 6.60. The van der Waals surface area contributed by atoms with Crippen molar-refractivity contribution in [2.24, 2.45) is 5.92 Å². The number of carbonyl (C=O) groups is 1. The molecule has 30 heavy (non-hydrogen) atoms. The quantitative estimate of drug-likeness (QED) is 0.533. The molecule has 0 unspecified atom stereocenters. The number of hydrogen-bond acceptors (Lipinski definition) is 4. The molecule has 0 aliphatic carbocycles. The molecule has 1 saturated heterocycles. The van der Waals surface area contributed by atoms with Crippen molar-refractivity contribution in [3.8, 4) is 17.0 Å². The normalized spacial score (nSPS) is 14.5. The topological polar surface area (TPSA) is 54.5 Å². The first kappa shape index (κ1) is 23.4. The van der Waals surface area contributed by atoms with E-state index in [1.807, 2.05) is 19.9 Å². The molecule has 9 heteroatoms. The predicted molar refractivity (Wildman–Crippen MR) is 107 cm³/mol. The van der Waals surface area contributed by atoms with E-state index in [1.54, 1.807) is 12.3 Å². The molecule has 1 aliphatic heterocycles. The molecular formula is C21H25F4N3O2. The van der Waals surface area contributed by atoms with Gasteiger partial charge < -0.3 is 15.0 Å². The first-order valence-corrected chi connectivity index (χ1v) is 9.79. The first-order chi connectivity index (χ1) is 14.4. The Hall–Kier alpha value is -2.84. The van der Waals surface area contributed by atoms with E-state index in [9.17, 15) is 22.4 Å². The number of alkyl halides is 3. The number of carbonyl (C=O) groups excluding carboxylic acids is 1. The zero-order chi connectivity index (χ0) is 22.1. The fourth-order valence-electron chi connectivity index (χ4n) is 3.25. The maximum absolute atomic E-state index is 14.0. The molecule has 1 aromatic heterocycles. The highest BCUT2D eigenvalue weighted by molar-refractivity contribution is 5.65. The minimum Gasteiger partial charge on any atom is -0.403 e. The van der Waals surface area contributed by atoms with Gasteiger partial charge in [0.1, 0.15) is 0 Å². The number of hydrogen-bond donors (Lipinski definition) is 1. The molecular weight excluding hydrogens is 402 g/mol. The second kappa shape index (κ2) is 10.8. The Morgan fingerprint density at radius 3 is 2.50 bits per heavy atom. The van der Waals surface area contributed by atoms with Crippen LogP contribution in [-0.4, -0.2) is 37.4 Å². The summed E-state index contributed by atoms with van der Waals surface area (Å²) in [4.78, 5) is 16.8. The SMILES string of the molecule is CC.O=CNCC1CCN(c2ccnc(-c3ccc(OC(F)(F)F)c(F)c3)c2)CC1. The van der Waals surface area contributed by atoms with E-state index in [2.05, 4.69) is 19.9 Å². The third-order valence-electron chi connectivity index (χ3n) is 4.67. The average Bonchev–Trinajstić information content (AvgIpc) is 2.75. The van der Waals surface area contributed by atoms with Crippen LogP contribution >= 0.6 is 0 Å². The lowest BCUT2D eigenvalue weighted by molar-refractivity contribution is -0.275. The minimum atomic E-state index is -4.95. The third-order valence-corrected chi connectivity index (χ3v) is 4.67. The highest BCUT2D eigenvalue weighted by Gasteiger charge is 2.32. The largest absolute Gasteiger partial charge is 0.573 e. The number of halogens is 4. The number of piperidine rings is 1. The Bertz CT molecular complexity index is 822. The van der Waals surface area contributed by atoms with Gasteiger partial charge >= 0.3 is 6.36 Å². The van der Waals surface area contributed by atoms with Gasteiger partial charge in [-0.25, -0.2) is 4.39 Å². The highest BCUT2D eigenvalue weighted by Crippen LogP contribution is 2.31. The van der Waals surface area contributed by atoms with Crippen molar-refractivity contribution in [1.29, 1.82) is 0 Å². The van der Waals surface area contributed by atoms with Crippen LogP contribution in [0.1, 0.15) is 26.7 Å². The lowest BCUT2D eigenvalue weighted by Crippen LogP contribution is -2.37. The monoisotopic (exact) mass is 427 g/mol. The molecule has 164 valence electrons. The highest BCUT2D eigenvalue weighted by atomic mass is 19.4. The second-order valence-electron chi connectivity index (χ2n) is 6.55. The molecule has 1 aliphatic rings. The smallest absolute Gasteiger partial charge is 0.403 e. The van der Waals surface area contributed by atoms with E-state index in [0.717, 1.165) is 43.8 Å². The maximum atomic E-state index is 14.0. The van der Waals surface area contributed by atoms with Crippen LogP contribution in [0.3, 0.4) is 0 Å². The molecule has 5 nitrogen and oxygen atoms in total. The van der Waals surface area contributed by atoms with Gasteiger partial charge in [0.05, 0.1) is 5.69 Å². The first-order valence-electron chi connectivity index (χ1n) is 9.79. The molecule has 0 atom stereocenters. The van der Waals surface area contributed by atoms with Gasteiger partial charge in [-0.05, 0) is 49.1 Å². The maximum Gasteiger partial charge on any atom is 0.573 e. The van der Waals surface area contributed by atoms with Gasteiger partial charge in [0.15, 0.2) is 11.6 Å². The van der Waals surface area contributed by atoms with Crippen LogP contribution in [0, 0.1) is 11.7 Å². The van der Waals surface area contributed by atoms with Crippen LogP contribution in [0.25, 0.3) is 11.3 Å². The number of anilines is 1. The van der Waals surface area contributed by atoms with E-state index in [-0.39, 0.29) is 0 Å². The number of rotatable bonds is 6. The number of benzene rings is 1. The Morgan fingerprint density at radius 1 is 1.20 bits per heavy atom. The van der Waals surface area contributed by atoms with E-state index >= 15 is 0 Å². The summed E-state index contributed by atoms with van der Waals surface area (Å²) in [6.07, 6.45) is -0.810. The fourth-order valence-corrected chi connectivity index (χ4v) is 3.25. The lowest BCUT2D eigenvalue weighted by atomic mass is 9.96. The van der Waals surface area contributed by atoms with Gasteiger partial charge in [-0.1, -0.05) is 13.8 Å². The van der Waals surface area contributed by atoms with E-state index in [1.165, 1.54) is 6.07 Å². The molecule has 0 radical (unpaired) electrons. The second-order valence-corrected chi connectivity index (χ2v) is 6.55. The van der Waals surface area contributed by atoms with Crippen LogP contribution in [0.2, 0.25) is 0 Å². The Morgan fingerprint density at radius 2 is 1.90 bits per heavy atom. The molecule has 1 aromatic carbocycles. The lowest BCUT2D eigenvalue weighted by Gasteiger charge is -2.33. The molecule has 0 spiro atoms. The van der Waals surface area contributed by atoms with Crippen molar-refractivity contribution in [2.75, 3.05) is 24.5 Å². The van der Waals surface area contributed by atoms with Crippen LogP contribution in [-0.2, 0) is 4.79 Å². The van der Waals surface area contributed by atoms with Gasteiger partial charge in [0.2, 0.25) is 6.41 Å². The zero-order valence-electron chi connectivity index (χ0n) is 16.9. The van der Waals surface area contributed by atoms with Crippen LogP contribution in [0.5, 0.6) is 5.75 Å². The number of nitrogens with zero attached hydrogens (tertiary/aromatic N) is 2. The van der Waals surface area contributed by atoms with Crippen LogP contribution in [0.4, 0.5) is 23.2 Å². The van der Waals surface area contributed by atoms with Crippen molar-refractivity contribution < 1.29 is 27.1 Å². The number of nitrogens with one attached hydrogen (secondary N) is 1. The molecule has 1 amide bonds. The van der Waals surface area contributed by atoms with Gasteiger partial charge in [0.25, 0.3) is 0 Å². The number of pyridine rings is 1. The van der Waals surface area contributed by atoms with Crippen molar-refractivity contribution in [1.82, 2.24) is 10.3 Å². The summed E-state index contributed by atoms with van der Waals surface area (Å²) in [5.41, 5.74) is 1.72. The summed E-state index contributed by atoms with van der Waals surface area (Å²) in [5, 5.41) is 2.70. The predicted octanol–water partition coefficient (Wildman–Crippen LogP) is 4.77. The fraction of sp³-hybridized carbons (Fsp3) is 0.429. The summed E-state index contributed by atoms with van der Waals surface area (Å²) in [6, 6.07) is 6.88. The number of amides is 1. The van der Waals surface area contributed by atoms with Crippen molar-refractivity contribution in [3.05, 3.63) is 42.3 Å².